The highest BCUT2D eigenvalue weighted by molar-refractivity contribution is 8.14. The summed E-state index contributed by atoms with van der Waals surface area (Å²) in [6.07, 6.45) is 12.0. The molecule has 2 atom stereocenters. The van der Waals surface area contributed by atoms with Crippen molar-refractivity contribution in [1.82, 2.24) is 0 Å². The standard InChI is InChI=1S/C22H32O3S/c1-3-4-5-6-7-8-9-10-11-16-19-22(2,21(24)25)18-15-13-12-14-17(18)20(23)26-19/h12-15,19H,3-11,16H2,1-2H3,(H,24,25). The number of rotatable bonds is 11. The number of fused-ring (bicyclic) bond motifs is 1. The minimum atomic E-state index is -0.991. The summed E-state index contributed by atoms with van der Waals surface area (Å²) in [6.45, 7) is 4.02. The second-order valence-electron chi connectivity index (χ2n) is 7.56. The molecule has 1 aromatic rings. The van der Waals surface area contributed by atoms with E-state index in [2.05, 4.69) is 6.92 Å². The molecule has 0 radical (unpaired) electrons. The molecule has 0 fully saturated rings. The monoisotopic (exact) mass is 376 g/mol. The number of carbonyl (C=O) groups excluding carboxylic acids is 1. The van der Waals surface area contributed by atoms with Gasteiger partial charge in [0.05, 0.1) is 0 Å². The summed E-state index contributed by atoms with van der Waals surface area (Å²) in [6, 6.07) is 7.20. The fourth-order valence-corrected chi connectivity index (χ4v) is 5.15. The molecule has 2 rings (SSSR count). The molecule has 0 aliphatic carbocycles. The highest BCUT2D eigenvalue weighted by Gasteiger charge is 2.49. The quantitative estimate of drug-likeness (QED) is 0.467. The Kier molecular flexibility index (Phi) is 8.20. The second-order valence-corrected chi connectivity index (χ2v) is 8.74. The molecule has 0 saturated carbocycles. The molecular formula is C22H32O3S. The lowest BCUT2D eigenvalue weighted by atomic mass is 9.75. The van der Waals surface area contributed by atoms with Crippen molar-refractivity contribution >= 4 is 22.8 Å². The molecule has 26 heavy (non-hydrogen) atoms. The van der Waals surface area contributed by atoms with Crippen LogP contribution >= 0.6 is 11.8 Å². The van der Waals surface area contributed by atoms with E-state index in [4.69, 9.17) is 0 Å². The lowest BCUT2D eigenvalue weighted by molar-refractivity contribution is -0.143. The van der Waals surface area contributed by atoms with Gasteiger partial charge in [-0.15, -0.1) is 0 Å². The SMILES string of the molecule is CCCCCCCCCCCC1SC(=O)c2ccccc2C1(C)C(=O)O. The molecule has 2 unspecified atom stereocenters. The van der Waals surface area contributed by atoms with Gasteiger partial charge in [-0.2, -0.15) is 0 Å². The number of thioether (sulfide) groups is 1. The fourth-order valence-electron chi connectivity index (χ4n) is 3.84. The van der Waals surface area contributed by atoms with E-state index in [1.165, 1.54) is 56.7 Å². The summed E-state index contributed by atoms with van der Waals surface area (Å²) in [5.74, 6) is -0.828. The molecule has 0 amide bonds. The van der Waals surface area contributed by atoms with Gasteiger partial charge < -0.3 is 5.11 Å². The molecule has 1 aliphatic rings. The minimum absolute atomic E-state index is 0.0141. The van der Waals surface area contributed by atoms with E-state index in [9.17, 15) is 14.7 Å². The summed E-state index contributed by atoms with van der Waals surface area (Å²) < 4.78 is 0. The van der Waals surface area contributed by atoms with Gasteiger partial charge in [0.2, 0.25) is 5.12 Å². The zero-order valence-corrected chi connectivity index (χ0v) is 16.9. The molecule has 1 aromatic carbocycles. The highest BCUT2D eigenvalue weighted by atomic mass is 32.2. The van der Waals surface area contributed by atoms with E-state index in [1.54, 1.807) is 19.1 Å². The van der Waals surface area contributed by atoms with Crippen LogP contribution in [0.5, 0.6) is 0 Å². The predicted octanol–water partition coefficient (Wildman–Crippen LogP) is 6.21. The average Bonchev–Trinajstić information content (AvgIpc) is 2.64. The van der Waals surface area contributed by atoms with Crippen molar-refractivity contribution in [3.63, 3.8) is 0 Å². The number of carboxylic acids is 1. The van der Waals surface area contributed by atoms with Crippen LogP contribution in [0.2, 0.25) is 0 Å². The van der Waals surface area contributed by atoms with Crippen molar-refractivity contribution in [3.8, 4) is 0 Å². The third-order valence-corrected chi connectivity index (χ3v) is 7.04. The second kappa shape index (κ2) is 10.1. The van der Waals surface area contributed by atoms with E-state index in [1.807, 2.05) is 12.1 Å². The Morgan fingerprint density at radius 2 is 1.62 bits per heavy atom. The Bertz CT molecular complexity index is 613. The minimum Gasteiger partial charge on any atom is -0.481 e. The lowest BCUT2D eigenvalue weighted by Crippen LogP contribution is -2.46. The molecule has 0 aromatic heterocycles. The van der Waals surface area contributed by atoms with E-state index in [-0.39, 0.29) is 10.4 Å². The molecular weight excluding hydrogens is 344 g/mol. The van der Waals surface area contributed by atoms with Crippen molar-refractivity contribution < 1.29 is 14.7 Å². The van der Waals surface area contributed by atoms with Crippen molar-refractivity contribution in [2.45, 2.75) is 88.7 Å². The van der Waals surface area contributed by atoms with Gasteiger partial charge in [-0.3, -0.25) is 9.59 Å². The molecule has 0 spiro atoms. The van der Waals surface area contributed by atoms with Crippen molar-refractivity contribution in [2.75, 3.05) is 0 Å². The number of carboxylic acid groups (broad SMARTS) is 1. The van der Waals surface area contributed by atoms with E-state index in [0.717, 1.165) is 19.3 Å². The van der Waals surface area contributed by atoms with Gasteiger partial charge in [0, 0.05) is 10.8 Å². The highest BCUT2D eigenvalue weighted by Crippen LogP contribution is 2.45. The summed E-state index contributed by atoms with van der Waals surface area (Å²) in [5.41, 5.74) is 0.248. The van der Waals surface area contributed by atoms with E-state index in [0.29, 0.717) is 11.1 Å². The third-order valence-electron chi connectivity index (χ3n) is 5.61. The van der Waals surface area contributed by atoms with Gasteiger partial charge >= 0.3 is 5.97 Å². The van der Waals surface area contributed by atoms with Crippen LogP contribution in [0.1, 0.15) is 94.0 Å². The van der Waals surface area contributed by atoms with Gasteiger partial charge in [0.25, 0.3) is 0 Å². The summed E-state index contributed by atoms with van der Waals surface area (Å²) in [5, 5.41) is 9.75. The van der Waals surface area contributed by atoms with Crippen LogP contribution in [0.15, 0.2) is 24.3 Å². The molecule has 1 N–H and O–H groups in total. The maximum atomic E-state index is 12.4. The predicted molar refractivity (Wildman–Crippen MR) is 109 cm³/mol. The Labute approximate surface area is 162 Å². The molecule has 1 heterocycles. The smallest absolute Gasteiger partial charge is 0.315 e. The number of hydrogen-bond donors (Lipinski definition) is 1. The third kappa shape index (κ3) is 4.91. The number of aliphatic carboxylic acids is 1. The topological polar surface area (TPSA) is 54.4 Å². The lowest BCUT2D eigenvalue weighted by Gasteiger charge is -2.38. The first-order chi connectivity index (χ1) is 12.5. The van der Waals surface area contributed by atoms with Crippen LogP contribution < -0.4 is 0 Å². The molecule has 3 nitrogen and oxygen atoms in total. The number of unbranched alkanes of at least 4 members (excludes halogenated alkanes) is 8. The summed E-state index contributed by atoms with van der Waals surface area (Å²) in [4.78, 5) is 24.5. The van der Waals surface area contributed by atoms with Gasteiger partial charge in [-0.05, 0) is 18.9 Å². The summed E-state index contributed by atoms with van der Waals surface area (Å²) >= 11 is 1.22. The largest absolute Gasteiger partial charge is 0.481 e. The first kappa shape index (κ1) is 21.0. The van der Waals surface area contributed by atoms with Crippen LogP contribution in [0, 0.1) is 0 Å². The van der Waals surface area contributed by atoms with Gasteiger partial charge in [-0.1, -0.05) is 101 Å². The molecule has 144 valence electrons. The first-order valence-electron chi connectivity index (χ1n) is 10.1. The molecule has 0 bridgehead atoms. The van der Waals surface area contributed by atoms with Crippen LogP contribution in [0.25, 0.3) is 0 Å². The van der Waals surface area contributed by atoms with Crippen LogP contribution in [0.3, 0.4) is 0 Å². The first-order valence-corrected chi connectivity index (χ1v) is 10.9. The van der Waals surface area contributed by atoms with Crippen LogP contribution in [-0.4, -0.2) is 21.4 Å². The van der Waals surface area contributed by atoms with Crippen LogP contribution in [-0.2, 0) is 10.2 Å². The summed E-state index contributed by atoms with van der Waals surface area (Å²) in [7, 11) is 0. The Morgan fingerprint density at radius 3 is 2.23 bits per heavy atom. The zero-order chi connectivity index (χ0) is 19.0. The maximum Gasteiger partial charge on any atom is 0.315 e. The Hall–Kier alpha value is -1.29. The zero-order valence-electron chi connectivity index (χ0n) is 16.1. The number of benzene rings is 1. The van der Waals surface area contributed by atoms with Gasteiger partial charge in [-0.25, -0.2) is 0 Å². The molecule has 0 saturated heterocycles. The fraction of sp³-hybridized carbons (Fsp3) is 0.636. The van der Waals surface area contributed by atoms with Crippen molar-refractivity contribution in [3.05, 3.63) is 35.4 Å². The maximum absolute atomic E-state index is 12.4. The average molecular weight is 377 g/mol. The van der Waals surface area contributed by atoms with E-state index < -0.39 is 11.4 Å². The van der Waals surface area contributed by atoms with Gasteiger partial charge in [0.15, 0.2) is 0 Å². The van der Waals surface area contributed by atoms with Gasteiger partial charge in [0.1, 0.15) is 5.41 Å². The number of hydrogen-bond acceptors (Lipinski definition) is 3. The normalized spacial score (nSPS) is 22.2. The van der Waals surface area contributed by atoms with Crippen molar-refractivity contribution in [1.29, 1.82) is 0 Å². The molecule has 4 heteroatoms. The molecule has 1 aliphatic heterocycles. The van der Waals surface area contributed by atoms with E-state index >= 15 is 0 Å². The Balaban J connectivity index is 1.87. The van der Waals surface area contributed by atoms with Crippen molar-refractivity contribution in [2.24, 2.45) is 0 Å². The van der Waals surface area contributed by atoms with Crippen LogP contribution in [0.4, 0.5) is 0 Å². The number of carbonyl (C=O) groups is 2. The Morgan fingerprint density at radius 1 is 1.04 bits per heavy atom.